The molecule has 2 nitrogen and oxygen atoms in total. The van der Waals surface area contributed by atoms with Gasteiger partial charge in [-0.25, -0.2) is 0 Å². The summed E-state index contributed by atoms with van der Waals surface area (Å²) in [5.74, 6) is 0. The molecular formula is C13H15NO. The molecule has 0 saturated carbocycles. The largest absolute Gasteiger partial charge is 0.347 e. The molecule has 2 rings (SSSR count). The highest BCUT2D eigenvalue weighted by atomic mass is 16.1. The first-order chi connectivity index (χ1) is 7.36. The number of nitrogens with zero attached hydrogens (tertiary/aromatic N) is 1. The zero-order chi connectivity index (χ0) is 10.7. The van der Waals surface area contributed by atoms with Crippen molar-refractivity contribution in [3.05, 3.63) is 36.0 Å². The Balaban J connectivity index is 2.50. The number of rotatable bonds is 4. The Morgan fingerprint density at radius 3 is 2.93 bits per heavy atom. The van der Waals surface area contributed by atoms with Gasteiger partial charge in [-0.2, -0.15) is 0 Å². The Hall–Kier alpha value is -1.57. The summed E-state index contributed by atoms with van der Waals surface area (Å²) in [6, 6.07) is 8.47. The third-order valence-electron chi connectivity index (χ3n) is 2.74. The molecule has 1 aromatic heterocycles. The normalized spacial score (nSPS) is 10.7. The summed E-state index contributed by atoms with van der Waals surface area (Å²) in [6.07, 6.45) is 4.65. The van der Waals surface area contributed by atoms with E-state index >= 15 is 0 Å². The Kier molecular flexibility index (Phi) is 2.86. The summed E-state index contributed by atoms with van der Waals surface area (Å²) < 4.78 is 2.17. The second-order valence-electron chi connectivity index (χ2n) is 3.67. The van der Waals surface area contributed by atoms with Crippen LogP contribution in [-0.2, 0) is 17.8 Å². The summed E-state index contributed by atoms with van der Waals surface area (Å²) in [5, 5.41) is 1.26. The van der Waals surface area contributed by atoms with Gasteiger partial charge in [0.15, 0.2) is 0 Å². The molecule has 0 N–H and O–H groups in total. The fraction of sp³-hybridized carbons (Fsp3) is 0.308. The molecule has 0 radical (unpaired) electrons. The van der Waals surface area contributed by atoms with Crippen molar-refractivity contribution in [2.24, 2.45) is 0 Å². The van der Waals surface area contributed by atoms with Crippen LogP contribution in [0.4, 0.5) is 0 Å². The van der Waals surface area contributed by atoms with Gasteiger partial charge in [0.05, 0.1) is 5.52 Å². The summed E-state index contributed by atoms with van der Waals surface area (Å²) in [4.78, 5) is 10.4. The highest BCUT2D eigenvalue weighted by molar-refractivity contribution is 5.83. The van der Waals surface area contributed by atoms with Gasteiger partial charge in [-0.3, -0.25) is 0 Å². The molecule has 2 aromatic rings. The van der Waals surface area contributed by atoms with Crippen molar-refractivity contribution in [2.75, 3.05) is 0 Å². The molecule has 0 aliphatic heterocycles. The van der Waals surface area contributed by atoms with Crippen LogP contribution in [0.15, 0.2) is 30.5 Å². The Labute approximate surface area is 89.5 Å². The summed E-state index contributed by atoms with van der Waals surface area (Å²) in [5.41, 5.74) is 2.63. The van der Waals surface area contributed by atoms with Gasteiger partial charge in [-0.15, -0.1) is 0 Å². The van der Waals surface area contributed by atoms with Gasteiger partial charge < -0.3 is 9.36 Å². The van der Waals surface area contributed by atoms with E-state index in [1.54, 1.807) is 0 Å². The zero-order valence-corrected chi connectivity index (χ0v) is 8.94. The average molecular weight is 201 g/mol. The first-order valence-corrected chi connectivity index (χ1v) is 5.37. The maximum atomic E-state index is 10.4. The SMILES string of the molecule is CCc1cccc2ccn(CCC=O)c12. The number of aryl methyl sites for hydroxylation is 2. The van der Waals surface area contributed by atoms with Crippen LogP contribution in [0.2, 0.25) is 0 Å². The molecule has 0 bridgehead atoms. The number of carbonyl (C=O) groups excluding carboxylic acids is 1. The fourth-order valence-corrected chi connectivity index (χ4v) is 2.00. The third kappa shape index (κ3) is 1.80. The molecule has 15 heavy (non-hydrogen) atoms. The molecule has 0 aliphatic carbocycles. The van der Waals surface area contributed by atoms with Crippen LogP contribution in [0.5, 0.6) is 0 Å². The molecular weight excluding hydrogens is 186 g/mol. The van der Waals surface area contributed by atoms with E-state index in [4.69, 9.17) is 0 Å². The van der Waals surface area contributed by atoms with E-state index in [0.717, 1.165) is 19.3 Å². The predicted octanol–water partition coefficient (Wildman–Crippen LogP) is 2.79. The van der Waals surface area contributed by atoms with Crippen LogP contribution < -0.4 is 0 Å². The maximum absolute atomic E-state index is 10.4. The lowest BCUT2D eigenvalue weighted by molar-refractivity contribution is -0.108. The van der Waals surface area contributed by atoms with Gasteiger partial charge in [-0.05, 0) is 23.4 Å². The lowest BCUT2D eigenvalue weighted by Gasteiger charge is -2.06. The van der Waals surface area contributed by atoms with Gasteiger partial charge in [0, 0.05) is 19.2 Å². The number of aromatic nitrogens is 1. The number of fused-ring (bicyclic) bond motifs is 1. The fourth-order valence-electron chi connectivity index (χ4n) is 2.00. The van der Waals surface area contributed by atoms with Crippen LogP contribution >= 0.6 is 0 Å². The minimum Gasteiger partial charge on any atom is -0.347 e. The van der Waals surface area contributed by atoms with Gasteiger partial charge in [0.2, 0.25) is 0 Å². The second-order valence-corrected chi connectivity index (χ2v) is 3.67. The van der Waals surface area contributed by atoms with Crippen LogP contribution in [0.25, 0.3) is 10.9 Å². The highest BCUT2D eigenvalue weighted by Crippen LogP contribution is 2.20. The number of hydrogen-bond donors (Lipinski definition) is 0. The molecule has 1 heterocycles. The maximum Gasteiger partial charge on any atom is 0.121 e. The van der Waals surface area contributed by atoms with Crippen molar-refractivity contribution >= 4 is 17.2 Å². The molecule has 0 saturated heterocycles. The van der Waals surface area contributed by atoms with Crippen molar-refractivity contribution in [3.8, 4) is 0 Å². The lowest BCUT2D eigenvalue weighted by Crippen LogP contribution is -1.98. The molecule has 0 unspecified atom stereocenters. The van der Waals surface area contributed by atoms with Crippen molar-refractivity contribution < 1.29 is 4.79 Å². The highest BCUT2D eigenvalue weighted by Gasteiger charge is 2.04. The van der Waals surface area contributed by atoms with E-state index in [0.29, 0.717) is 6.42 Å². The van der Waals surface area contributed by atoms with E-state index in [9.17, 15) is 4.79 Å². The standard InChI is InChI=1S/C13H15NO/c1-2-11-5-3-6-12-7-9-14(13(11)12)8-4-10-15/h3,5-7,9-10H,2,4,8H2,1H3. The van der Waals surface area contributed by atoms with Gasteiger partial charge >= 0.3 is 0 Å². The lowest BCUT2D eigenvalue weighted by atomic mass is 10.1. The van der Waals surface area contributed by atoms with Crippen molar-refractivity contribution in [2.45, 2.75) is 26.3 Å². The minimum absolute atomic E-state index is 0.585. The van der Waals surface area contributed by atoms with E-state index in [1.807, 2.05) is 0 Å². The van der Waals surface area contributed by atoms with E-state index in [-0.39, 0.29) is 0 Å². The second kappa shape index (κ2) is 4.30. The smallest absolute Gasteiger partial charge is 0.121 e. The monoisotopic (exact) mass is 201 g/mol. The first kappa shape index (κ1) is 9.97. The first-order valence-electron chi connectivity index (χ1n) is 5.37. The summed E-state index contributed by atoms with van der Waals surface area (Å²) in [7, 11) is 0. The van der Waals surface area contributed by atoms with Crippen LogP contribution in [0, 0.1) is 0 Å². The topological polar surface area (TPSA) is 22.0 Å². The molecule has 0 spiro atoms. The van der Waals surface area contributed by atoms with Gasteiger partial charge in [0.25, 0.3) is 0 Å². The van der Waals surface area contributed by atoms with Gasteiger partial charge in [0.1, 0.15) is 6.29 Å². The number of aldehydes is 1. The Morgan fingerprint density at radius 2 is 2.20 bits per heavy atom. The molecule has 2 heteroatoms. The van der Waals surface area contributed by atoms with E-state index in [1.165, 1.54) is 16.5 Å². The van der Waals surface area contributed by atoms with Crippen molar-refractivity contribution in [1.82, 2.24) is 4.57 Å². The van der Waals surface area contributed by atoms with Crippen molar-refractivity contribution in [1.29, 1.82) is 0 Å². The minimum atomic E-state index is 0.585. The van der Waals surface area contributed by atoms with Crippen LogP contribution in [0.1, 0.15) is 18.9 Å². The quantitative estimate of drug-likeness (QED) is 0.697. The number of benzene rings is 1. The Bertz CT molecular complexity index is 470. The van der Waals surface area contributed by atoms with Crippen LogP contribution in [-0.4, -0.2) is 10.9 Å². The number of carbonyl (C=O) groups is 1. The molecule has 0 fully saturated rings. The van der Waals surface area contributed by atoms with Gasteiger partial charge in [-0.1, -0.05) is 25.1 Å². The Morgan fingerprint density at radius 1 is 1.33 bits per heavy atom. The molecule has 0 aliphatic rings. The predicted molar refractivity (Wildman–Crippen MR) is 62.0 cm³/mol. The molecule has 1 aromatic carbocycles. The number of para-hydroxylation sites is 1. The summed E-state index contributed by atoms with van der Waals surface area (Å²) in [6.45, 7) is 2.94. The molecule has 0 amide bonds. The van der Waals surface area contributed by atoms with Crippen molar-refractivity contribution in [3.63, 3.8) is 0 Å². The summed E-state index contributed by atoms with van der Waals surface area (Å²) >= 11 is 0. The molecule has 0 atom stereocenters. The number of hydrogen-bond acceptors (Lipinski definition) is 1. The van der Waals surface area contributed by atoms with Crippen LogP contribution in [0.3, 0.4) is 0 Å². The third-order valence-corrected chi connectivity index (χ3v) is 2.74. The van der Waals surface area contributed by atoms with E-state index < -0.39 is 0 Å². The van der Waals surface area contributed by atoms with E-state index in [2.05, 4.69) is 42.0 Å². The molecule has 78 valence electrons. The zero-order valence-electron chi connectivity index (χ0n) is 8.94. The average Bonchev–Trinajstić information content (AvgIpc) is 2.69.